The maximum absolute atomic E-state index is 13.4. The molecule has 0 saturated carbocycles. The molecule has 0 amide bonds. The fraction of sp³-hybridized carbons (Fsp3) is 0.214. The third kappa shape index (κ3) is 1.82. The number of aryl methyl sites for hydroxylation is 2. The van der Waals surface area contributed by atoms with Crippen molar-refractivity contribution < 1.29 is 4.39 Å². The zero-order valence-electron chi connectivity index (χ0n) is 10.2. The summed E-state index contributed by atoms with van der Waals surface area (Å²) in [6, 6.07) is 6.90. The summed E-state index contributed by atoms with van der Waals surface area (Å²) in [7, 11) is 0. The van der Waals surface area contributed by atoms with E-state index in [1.54, 1.807) is 29.8 Å². The zero-order chi connectivity index (χ0) is 12.7. The molecule has 0 saturated heterocycles. The maximum Gasteiger partial charge on any atom is 0.123 e. The fourth-order valence-electron chi connectivity index (χ4n) is 2.34. The number of hydrogen-bond acceptors (Lipinski definition) is 3. The first-order chi connectivity index (χ1) is 8.65. The lowest BCUT2D eigenvalue weighted by atomic mass is 9.96. The molecular weight excluding hydrogens is 247 g/mol. The number of nitrogens with one attached hydrogen (secondary N) is 1. The number of rotatable bonds is 1. The van der Waals surface area contributed by atoms with E-state index in [1.807, 2.05) is 0 Å². The molecule has 0 aliphatic carbocycles. The van der Waals surface area contributed by atoms with Gasteiger partial charge in [0, 0.05) is 15.3 Å². The number of benzene rings is 1. The number of halogens is 1. The molecule has 1 atom stereocenters. The molecule has 0 fully saturated rings. The number of nitrogens with zero attached hydrogens (tertiary/aromatic N) is 1. The van der Waals surface area contributed by atoms with E-state index in [2.05, 4.69) is 30.2 Å². The van der Waals surface area contributed by atoms with Gasteiger partial charge in [0.15, 0.2) is 0 Å². The molecule has 0 spiro atoms. The van der Waals surface area contributed by atoms with Crippen LogP contribution in [0.5, 0.6) is 0 Å². The molecule has 1 aliphatic heterocycles. The Hall–Kier alpha value is -1.68. The van der Waals surface area contributed by atoms with Gasteiger partial charge in [0.05, 0.1) is 18.1 Å². The molecule has 1 N–H and O–H groups in total. The van der Waals surface area contributed by atoms with E-state index >= 15 is 0 Å². The van der Waals surface area contributed by atoms with E-state index in [-0.39, 0.29) is 11.9 Å². The van der Waals surface area contributed by atoms with Crippen LogP contribution in [0.4, 0.5) is 10.1 Å². The summed E-state index contributed by atoms with van der Waals surface area (Å²) in [5, 5.41) is 3.22. The third-order valence-electron chi connectivity index (χ3n) is 3.14. The Kier molecular flexibility index (Phi) is 2.67. The first-order valence-electron chi connectivity index (χ1n) is 5.80. The summed E-state index contributed by atoms with van der Waals surface area (Å²) in [6.45, 7) is 4.18. The number of hydrogen-bond donors (Lipinski definition) is 1. The maximum atomic E-state index is 13.4. The molecule has 2 nitrogen and oxygen atoms in total. The highest BCUT2D eigenvalue weighted by molar-refractivity contribution is 7.12. The summed E-state index contributed by atoms with van der Waals surface area (Å²) in [5.74, 6) is -0.220. The molecule has 1 aromatic heterocycles. The Morgan fingerprint density at radius 3 is 2.78 bits per heavy atom. The van der Waals surface area contributed by atoms with Gasteiger partial charge in [0.25, 0.3) is 0 Å². The molecular formula is C14H13FN2S. The molecule has 2 aromatic rings. The summed E-state index contributed by atoms with van der Waals surface area (Å²) in [6.07, 6.45) is 1.69. The Morgan fingerprint density at radius 1 is 1.22 bits per heavy atom. The van der Waals surface area contributed by atoms with Crippen molar-refractivity contribution in [3.05, 3.63) is 51.0 Å². The molecule has 0 bridgehead atoms. The van der Waals surface area contributed by atoms with Crippen LogP contribution in [0, 0.1) is 19.7 Å². The van der Waals surface area contributed by atoms with Crippen LogP contribution in [0.15, 0.2) is 29.3 Å². The van der Waals surface area contributed by atoms with Gasteiger partial charge in [-0.2, -0.15) is 0 Å². The summed E-state index contributed by atoms with van der Waals surface area (Å²) in [5.41, 5.74) is 2.94. The monoisotopic (exact) mass is 260 g/mol. The van der Waals surface area contributed by atoms with Crippen molar-refractivity contribution in [1.29, 1.82) is 0 Å². The lowest BCUT2D eigenvalue weighted by Crippen LogP contribution is -2.24. The second-order valence-electron chi connectivity index (χ2n) is 4.43. The van der Waals surface area contributed by atoms with Crippen molar-refractivity contribution in [2.45, 2.75) is 19.9 Å². The lowest BCUT2D eigenvalue weighted by Gasteiger charge is -2.23. The van der Waals surface area contributed by atoms with E-state index in [4.69, 9.17) is 0 Å². The average Bonchev–Trinajstić information content (AvgIpc) is 2.67. The molecule has 1 unspecified atom stereocenters. The van der Waals surface area contributed by atoms with Crippen molar-refractivity contribution in [3.8, 4) is 0 Å². The summed E-state index contributed by atoms with van der Waals surface area (Å²) in [4.78, 5) is 6.77. The minimum Gasteiger partial charge on any atom is -0.365 e. The number of aliphatic imine (C=N–C) groups is 1. The quantitative estimate of drug-likeness (QED) is 0.827. The lowest BCUT2D eigenvalue weighted by molar-refractivity contribution is 0.621. The number of fused-ring (bicyclic) bond motifs is 1. The molecule has 1 aromatic carbocycles. The van der Waals surface area contributed by atoms with Gasteiger partial charge in [-0.3, -0.25) is 0 Å². The molecule has 1 aliphatic rings. The molecule has 4 heteroatoms. The van der Waals surface area contributed by atoms with E-state index in [1.165, 1.54) is 21.4 Å². The SMILES string of the molecule is Cc1cc(C2NC=Nc3ccc(F)cc32)c(C)s1. The fourth-order valence-corrected chi connectivity index (χ4v) is 3.30. The topological polar surface area (TPSA) is 24.4 Å². The Bertz CT molecular complexity index is 631. The summed E-state index contributed by atoms with van der Waals surface area (Å²) < 4.78 is 13.4. The molecule has 0 radical (unpaired) electrons. The van der Waals surface area contributed by atoms with Crippen LogP contribution in [-0.4, -0.2) is 6.34 Å². The van der Waals surface area contributed by atoms with Gasteiger partial charge in [0.1, 0.15) is 5.82 Å². The van der Waals surface area contributed by atoms with Crippen molar-refractivity contribution in [2.24, 2.45) is 4.99 Å². The number of thiophene rings is 1. The predicted molar refractivity (Wildman–Crippen MR) is 73.3 cm³/mol. The van der Waals surface area contributed by atoms with Crippen LogP contribution < -0.4 is 5.32 Å². The van der Waals surface area contributed by atoms with Gasteiger partial charge >= 0.3 is 0 Å². The van der Waals surface area contributed by atoms with Crippen molar-refractivity contribution in [2.75, 3.05) is 0 Å². The summed E-state index contributed by atoms with van der Waals surface area (Å²) >= 11 is 1.76. The van der Waals surface area contributed by atoms with Gasteiger partial charge in [-0.1, -0.05) is 0 Å². The highest BCUT2D eigenvalue weighted by atomic mass is 32.1. The molecule has 3 rings (SSSR count). The van der Waals surface area contributed by atoms with Gasteiger partial charge in [-0.15, -0.1) is 11.3 Å². The molecule has 18 heavy (non-hydrogen) atoms. The van der Waals surface area contributed by atoms with Crippen LogP contribution in [-0.2, 0) is 0 Å². The second kappa shape index (κ2) is 4.21. The van der Waals surface area contributed by atoms with E-state index in [0.29, 0.717) is 0 Å². The van der Waals surface area contributed by atoms with Crippen molar-refractivity contribution >= 4 is 23.4 Å². The Balaban J connectivity index is 2.13. The zero-order valence-corrected chi connectivity index (χ0v) is 11.0. The van der Waals surface area contributed by atoms with Gasteiger partial charge in [0.2, 0.25) is 0 Å². The smallest absolute Gasteiger partial charge is 0.123 e. The minimum atomic E-state index is -0.220. The second-order valence-corrected chi connectivity index (χ2v) is 5.89. The normalized spacial score (nSPS) is 17.4. The van der Waals surface area contributed by atoms with E-state index < -0.39 is 0 Å². The highest BCUT2D eigenvalue weighted by Crippen LogP contribution is 2.36. The molecule has 92 valence electrons. The van der Waals surface area contributed by atoms with Crippen LogP contribution in [0.1, 0.15) is 26.9 Å². The first-order valence-corrected chi connectivity index (χ1v) is 6.62. The van der Waals surface area contributed by atoms with Crippen molar-refractivity contribution in [1.82, 2.24) is 5.32 Å². The highest BCUT2D eigenvalue weighted by Gasteiger charge is 2.22. The third-order valence-corrected chi connectivity index (χ3v) is 4.12. The average molecular weight is 260 g/mol. The Labute approximate surface area is 109 Å². The largest absolute Gasteiger partial charge is 0.365 e. The Morgan fingerprint density at radius 2 is 2.06 bits per heavy atom. The van der Waals surface area contributed by atoms with Crippen LogP contribution in [0.25, 0.3) is 0 Å². The first kappa shape index (κ1) is 11.4. The van der Waals surface area contributed by atoms with Gasteiger partial charge < -0.3 is 5.32 Å². The standard InChI is InChI=1S/C14H13FN2S/c1-8-5-11(9(2)18-8)14-12-6-10(15)3-4-13(12)16-7-17-14/h3-7,14H,1-2H3,(H,16,17). The molecule has 2 heterocycles. The van der Waals surface area contributed by atoms with Crippen LogP contribution in [0.3, 0.4) is 0 Å². The van der Waals surface area contributed by atoms with Crippen molar-refractivity contribution in [3.63, 3.8) is 0 Å². The van der Waals surface area contributed by atoms with Gasteiger partial charge in [-0.25, -0.2) is 9.38 Å². The van der Waals surface area contributed by atoms with E-state index in [9.17, 15) is 4.39 Å². The van der Waals surface area contributed by atoms with Gasteiger partial charge in [-0.05, 0) is 43.7 Å². The predicted octanol–water partition coefficient (Wildman–Crippen LogP) is 3.86. The minimum absolute atomic E-state index is 0.00171. The van der Waals surface area contributed by atoms with Crippen LogP contribution >= 0.6 is 11.3 Å². The van der Waals surface area contributed by atoms with E-state index in [0.717, 1.165) is 11.3 Å². The van der Waals surface area contributed by atoms with Crippen LogP contribution in [0.2, 0.25) is 0 Å².